The first kappa shape index (κ1) is 13.0. The second kappa shape index (κ2) is 4.37. The van der Waals surface area contributed by atoms with Gasteiger partial charge in [-0.3, -0.25) is 4.68 Å². The smallest absolute Gasteiger partial charge is 0.192 e. The lowest BCUT2D eigenvalue weighted by Gasteiger charge is -2.00. The largest absolute Gasteiger partial charge is 0.271 e. The number of aromatic nitrogens is 3. The van der Waals surface area contributed by atoms with Crippen molar-refractivity contribution in [3.8, 4) is 11.4 Å². The van der Waals surface area contributed by atoms with Gasteiger partial charge in [-0.2, -0.15) is 5.10 Å². The maximum Gasteiger partial charge on any atom is 0.192 e. The average Bonchev–Trinajstić information content (AvgIpc) is 2.56. The molecule has 0 saturated heterocycles. The minimum absolute atomic E-state index is 0.0133. The van der Waals surface area contributed by atoms with E-state index in [-0.39, 0.29) is 5.03 Å². The third kappa shape index (κ3) is 2.26. The van der Waals surface area contributed by atoms with Gasteiger partial charge in [-0.25, -0.2) is 13.4 Å². The fourth-order valence-electron chi connectivity index (χ4n) is 1.50. The van der Waals surface area contributed by atoms with Gasteiger partial charge in [0.15, 0.2) is 14.9 Å². The van der Waals surface area contributed by atoms with Crippen LogP contribution < -0.4 is 0 Å². The minimum Gasteiger partial charge on any atom is -0.271 e. The molecule has 96 valence electrons. The van der Waals surface area contributed by atoms with Crippen LogP contribution in [0.3, 0.4) is 0 Å². The molecule has 2 rings (SSSR count). The Balaban J connectivity index is 2.62. The van der Waals surface area contributed by atoms with Crippen LogP contribution >= 0.6 is 11.6 Å². The first-order valence-corrected chi connectivity index (χ1v) is 7.44. The molecule has 2 aromatic rings. The highest BCUT2D eigenvalue weighted by Gasteiger charge is 2.16. The van der Waals surface area contributed by atoms with Crippen LogP contribution in [0.15, 0.2) is 23.2 Å². The van der Waals surface area contributed by atoms with Crippen LogP contribution in [0.1, 0.15) is 5.69 Å². The van der Waals surface area contributed by atoms with E-state index in [0.29, 0.717) is 16.4 Å². The molecule has 0 aromatic carbocycles. The third-order valence-electron chi connectivity index (χ3n) is 2.61. The van der Waals surface area contributed by atoms with Crippen LogP contribution in [-0.4, -0.2) is 29.4 Å². The molecule has 0 aliphatic carbocycles. The number of nitrogens with zero attached hydrogens (tertiary/aromatic N) is 3. The second-order valence-electron chi connectivity index (χ2n) is 4.00. The van der Waals surface area contributed by atoms with Gasteiger partial charge >= 0.3 is 0 Å². The van der Waals surface area contributed by atoms with Crippen LogP contribution in [0.2, 0.25) is 5.02 Å². The van der Waals surface area contributed by atoms with Gasteiger partial charge in [0.1, 0.15) is 5.69 Å². The number of hydrogen-bond donors (Lipinski definition) is 0. The average molecular weight is 286 g/mol. The van der Waals surface area contributed by atoms with Crippen molar-refractivity contribution in [1.82, 2.24) is 14.8 Å². The van der Waals surface area contributed by atoms with Crippen molar-refractivity contribution < 1.29 is 8.42 Å². The lowest BCUT2D eigenvalue weighted by Crippen LogP contribution is -2.01. The van der Waals surface area contributed by atoms with E-state index < -0.39 is 9.84 Å². The highest BCUT2D eigenvalue weighted by molar-refractivity contribution is 7.90. The zero-order valence-corrected chi connectivity index (χ0v) is 11.7. The lowest BCUT2D eigenvalue weighted by atomic mass is 10.2. The summed E-state index contributed by atoms with van der Waals surface area (Å²) in [6, 6.07) is 4.75. The van der Waals surface area contributed by atoms with E-state index in [2.05, 4.69) is 10.1 Å². The maximum atomic E-state index is 11.5. The highest BCUT2D eigenvalue weighted by Crippen LogP contribution is 2.28. The summed E-state index contributed by atoms with van der Waals surface area (Å²) in [7, 11) is -1.57. The van der Waals surface area contributed by atoms with E-state index in [4.69, 9.17) is 11.6 Å². The predicted molar refractivity (Wildman–Crippen MR) is 69.3 cm³/mol. The highest BCUT2D eigenvalue weighted by atomic mass is 35.5. The Morgan fingerprint density at radius 2 is 2.00 bits per heavy atom. The summed E-state index contributed by atoms with van der Waals surface area (Å²) >= 11 is 6.14. The molecule has 2 aromatic heterocycles. The van der Waals surface area contributed by atoms with E-state index in [0.717, 1.165) is 11.9 Å². The van der Waals surface area contributed by atoms with Crippen molar-refractivity contribution in [1.29, 1.82) is 0 Å². The summed E-state index contributed by atoms with van der Waals surface area (Å²) in [5.74, 6) is 0. The molecule has 0 spiro atoms. The van der Waals surface area contributed by atoms with E-state index in [9.17, 15) is 8.42 Å². The normalized spacial score (nSPS) is 11.8. The molecule has 2 heterocycles. The number of aryl methyl sites for hydroxylation is 1. The van der Waals surface area contributed by atoms with Crippen LogP contribution in [0.4, 0.5) is 0 Å². The Kier molecular flexibility index (Phi) is 3.16. The summed E-state index contributed by atoms with van der Waals surface area (Å²) in [4.78, 5) is 4.08. The van der Waals surface area contributed by atoms with E-state index in [1.54, 1.807) is 23.9 Å². The fraction of sp³-hybridized carbons (Fsp3) is 0.273. The molecule has 0 fully saturated rings. The van der Waals surface area contributed by atoms with Gasteiger partial charge in [-0.1, -0.05) is 17.7 Å². The first-order chi connectivity index (χ1) is 8.30. The summed E-state index contributed by atoms with van der Waals surface area (Å²) in [6.07, 6.45) is 1.12. The Hall–Kier alpha value is -1.40. The number of halogens is 1. The van der Waals surface area contributed by atoms with Crippen LogP contribution in [-0.2, 0) is 16.9 Å². The summed E-state index contributed by atoms with van der Waals surface area (Å²) in [6.45, 7) is 1.83. The standard InChI is InChI=1S/C11H12ClN3O2S/c1-7-10(12)11(14-15(7)2)8-5-4-6-9(13-8)18(3,16)17/h4-6H,1-3H3. The van der Waals surface area contributed by atoms with Crippen molar-refractivity contribution in [2.75, 3.05) is 6.26 Å². The molecular weight excluding hydrogens is 274 g/mol. The molecule has 5 nitrogen and oxygen atoms in total. The molecule has 0 N–H and O–H groups in total. The van der Waals surface area contributed by atoms with Crippen LogP contribution in [0.25, 0.3) is 11.4 Å². The zero-order chi connectivity index (χ0) is 13.5. The van der Waals surface area contributed by atoms with E-state index >= 15 is 0 Å². The lowest BCUT2D eigenvalue weighted by molar-refractivity contribution is 0.598. The van der Waals surface area contributed by atoms with Gasteiger partial charge < -0.3 is 0 Å². The van der Waals surface area contributed by atoms with Crippen molar-refractivity contribution in [3.05, 3.63) is 28.9 Å². The molecule has 0 aliphatic heterocycles. The van der Waals surface area contributed by atoms with Crippen molar-refractivity contribution in [2.45, 2.75) is 11.9 Å². The Labute approximate surface area is 110 Å². The number of pyridine rings is 1. The zero-order valence-electron chi connectivity index (χ0n) is 10.2. The molecular formula is C11H12ClN3O2S. The topological polar surface area (TPSA) is 64.8 Å². The second-order valence-corrected chi connectivity index (χ2v) is 6.35. The third-order valence-corrected chi connectivity index (χ3v) is 4.05. The molecule has 0 amide bonds. The van der Waals surface area contributed by atoms with Gasteiger partial charge in [-0.15, -0.1) is 0 Å². The summed E-state index contributed by atoms with van der Waals surface area (Å²) < 4.78 is 24.5. The van der Waals surface area contributed by atoms with Gasteiger partial charge in [0.2, 0.25) is 0 Å². The Morgan fingerprint density at radius 1 is 1.33 bits per heavy atom. The molecule has 0 saturated carbocycles. The molecule has 0 bridgehead atoms. The van der Waals surface area contributed by atoms with Gasteiger partial charge in [0, 0.05) is 13.3 Å². The van der Waals surface area contributed by atoms with Gasteiger partial charge in [0.05, 0.1) is 16.4 Å². The summed E-state index contributed by atoms with van der Waals surface area (Å²) in [5.41, 5.74) is 1.74. The monoisotopic (exact) mass is 285 g/mol. The minimum atomic E-state index is -3.34. The SMILES string of the molecule is Cc1c(Cl)c(-c2cccc(S(C)(=O)=O)n2)nn1C. The number of sulfone groups is 1. The van der Waals surface area contributed by atoms with Gasteiger partial charge in [-0.05, 0) is 19.1 Å². The van der Waals surface area contributed by atoms with Crippen LogP contribution in [0.5, 0.6) is 0 Å². The molecule has 0 aliphatic rings. The fourth-order valence-corrected chi connectivity index (χ4v) is 2.35. The number of rotatable bonds is 2. The van der Waals surface area contributed by atoms with Crippen molar-refractivity contribution in [3.63, 3.8) is 0 Å². The number of hydrogen-bond acceptors (Lipinski definition) is 4. The van der Waals surface area contributed by atoms with Gasteiger partial charge in [0.25, 0.3) is 0 Å². The van der Waals surface area contributed by atoms with E-state index in [1.165, 1.54) is 6.07 Å². The molecule has 7 heteroatoms. The summed E-state index contributed by atoms with van der Waals surface area (Å²) in [5, 5.41) is 4.73. The van der Waals surface area contributed by atoms with Crippen LogP contribution in [0, 0.1) is 6.92 Å². The molecule has 18 heavy (non-hydrogen) atoms. The van der Waals surface area contributed by atoms with Crippen molar-refractivity contribution >= 4 is 21.4 Å². The predicted octanol–water partition coefficient (Wildman–Crippen LogP) is 1.85. The molecule has 0 atom stereocenters. The molecule has 0 unspecified atom stereocenters. The molecule has 0 radical (unpaired) electrons. The quantitative estimate of drug-likeness (QED) is 0.845. The maximum absolute atomic E-state index is 11.5. The Bertz CT molecular complexity index is 707. The van der Waals surface area contributed by atoms with Crippen molar-refractivity contribution in [2.24, 2.45) is 7.05 Å². The first-order valence-electron chi connectivity index (χ1n) is 5.17. The van der Waals surface area contributed by atoms with E-state index in [1.807, 2.05) is 6.92 Å². The Morgan fingerprint density at radius 3 is 2.50 bits per heavy atom.